The van der Waals surface area contributed by atoms with Gasteiger partial charge >= 0.3 is 5.97 Å². The molecule has 4 aromatic rings. The van der Waals surface area contributed by atoms with Gasteiger partial charge in [0.2, 0.25) is 0 Å². The van der Waals surface area contributed by atoms with E-state index in [0.717, 1.165) is 10.9 Å². The van der Waals surface area contributed by atoms with Crippen LogP contribution in [0.25, 0.3) is 22.3 Å². The molecule has 5 heteroatoms. The maximum absolute atomic E-state index is 11.2. The maximum Gasteiger partial charge on any atom is 0.335 e. The first-order valence-electron chi connectivity index (χ1n) is 8.27. The van der Waals surface area contributed by atoms with E-state index in [0.29, 0.717) is 27.4 Å². The number of hydrogen-bond donors (Lipinski definition) is 1. The highest BCUT2D eigenvalue weighted by molar-refractivity contribution is 6.30. The van der Waals surface area contributed by atoms with Crippen molar-refractivity contribution in [3.63, 3.8) is 0 Å². The van der Waals surface area contributed by atoms with Crippen molar-refractivity contribution in [3.05, 3.63) is 94.8 Å². The summed E-state index contributed by atoms with van der Waals surface area (Å²) in [4.78, 5) is 15.9. The Hall–Kier alpha value is -3.37. The number of fused-ring (bicyclic) bond motifs is 1. The highest BCUT2D eigenvalue weighted by Crippen LogP contribution is 2.24. The molecule has 0 atom stereocenters. The van der Waals surface area contributed by atoms with Gasteiger partial charge in [0.05, 0.1) is 16.6 Å². The fourth-order valence-electron chi connectivity index (χ4n) is 2.81. The molecule has 0 bridgehead atoms. The maximum atomic E-state index is 11.2. The average Bonchev–Trinajstić information content (AvgIpc) is 2.68. The van der Waals surface area contributed by atoms with Crippen molar-refractivity contribution in [2.75, 3.05) is 0 Å². The van der Waals surface area contributed by atoms with Gasteiger partial charge in [-0.05, 0) is 54.6 Å². The quantitative estimate of drug-likeness (QED) is 0.500. The molecule has 0 saturated heterocycles. The number of carboxylic acid groups (broad SMARTS) is 1. The number of nitrogens with zero attached hydrogens (tertiary/aromatic N) is 1. The Morgan fingerprint density at radius 1 is 0.926 bits per heavy atom. The molecule has 0 spiro atoms. The lowest BCUT2D eigenvalue weighted by molar-refractivity contribution is 0.0697. The first kappa shape index (κ1) is 17.1. The van der Waals surface area contributed by atoms with Crippen molar-refractivity contribution in [1.82, 2.24) is 0 Å². The molecular weight excluding hydrogens is 362 g/mol. The van der Waals surface area contributed by atoms with Gasteiger partial charge in [0, 0.05) is 22.0 Å². The highest BCUT2D eigenvalue weighted by Gasteiger charge is 2.07. The molecule has 132 valence electrons. The number of halogens is 1. The van der Waals surface area contributed by atoms with Gasteiger partial charge in [-0.15, -0.1) is 0 Å². The van der Waals surface area contributed by atoms with Crippen LogP contribution in [-0.4, -0.2) is 11.1 Å². The summed E-state index contributed by atoms with van der Waals surface area (Å²) in [6, 6.07) is 23.3. The van der Waals surface area contributed by atoms with Gasteiger partial charge in [-0.25, -0.2) is 9.79 Å². The zero-order valence-electron chi connectivity index (χ0n) is 14.1. The molecule has 4 rings (SSSR count). The van der Waals surface area contributed by atoms with Crippen LogP contribution in [0.15, 0.2) is 88.3 Å². The van der Waals surface area contributed by atoms with Crippen LogP contribution in [0, 0.1) is 0 Å². The zero-order chi connectivity index (χ0) is 18.8. The second kappa shape index (κ2) is 7.09. The molecule has 0 aliphatic rings. The molecule has 0 aliphatic heterocycles. The average molecular weight is 376 g/mol. The van der Waals surface area contributed by atoms with E-state index in [1.54, 1.807) is 36.4 Å². The third kappa shape index (κ3) is 3.61. The lowest BCUT2D eigenvalue weighted by Gasteiger charge is -2.05. The van der Waals surface area contributed by atoms with Gasteiger partial charge in [0.15, 0.2) is 0 Å². The van der Waals surface area contributed by atoms with Gasteiger partial charge in [-0.3, -0.25) is 0 Å². The van der Waals surface area contributed by atoms with Crippen LogP contribution in [0.1, 0.15) is 10.4 Å². The lowest BCUT2D eigenvalue weighted by Crippen LogP contribution is -2.03. The van der Waals surface area contributed by atoms with Crippen molar-refractivity contribution in [1.29, 1.82) is 0 Å². The second-order valence-electron chi connectivity index (χ2n) is 5.97. The monoisotopic (exact) mass is 375 g/mol. The molecule has 0 aliphatic carbocycles. The standard InChI is InChI=1S/C22H14ClNO3/c23-16-10-8-14(9-11-16)21-13-19(18-6-1-2-7-20(18)27-21)24-17-5-3-4-15(12-17)22(25)26/h1-13H,(H,25,26). The summed E-state index contributed by atoms with van der Waals surface area (Å²) in [6.45, 7) is 0. The van der Waals surface area contributed by atoms with E-state index in [1.807, 2.05) is 42.5 Å². The predicted molar refractivity (Wildman–Crippen MR) is 105 cm³/mol. The summed E-state index contributed by atoms with van der Waals surface area (Å²) in [7, 11) is 0. The fourth-order valence-corrected chi connectivity index (χ4v) is 2.94. The number of hydrogen-bond acceptors (Lipinski definition) is 3. The first-order valence-corrected chi connectivity index (χ1v) is 8.65. The first-order chi connectivity index (χ1) is 13.1. The van der Waals surface area contributed by atoms with E-state index in [4.69, 9.17) is 16.0 Å². The van der Waals surface area contributed by atoms with Crippen molar-refractivity contribution >= 4 is 34.2 Å². The van der Waals surface area contributed by atoms with Crippen molar-refractivity contribution in [3.8, 4) is 11.3 Å². The molecule has 0 unspecified atom stereocenters. The van der Waals surface area contributed by atoms with Gasteiger partial charge in [0.1, 0.15) is 11.3 Å². The fraction of sp³-hybridized carbons (Fsp3) is 0. The lowest BCUT2D eigenvalue weighted by atomic mass is 10.1. The number of carboxylic acids is 1. The summed E-state index contributed by atoms with van der Waals surface area (Å²) < 4.78 is 6.03. The molecule has 0 radical (unpaired) electrons. The third-order valence-corrected chi connectivity index (χ3v) is 4.37. The molecule has 0 fully saturated rings. The number of para-hydroxylation sites is 1. The Bertz CT molecular complexity index is 1210. The second-order valence-corrected chi connectivity index (χ2v) is 6.40. The zero-order valence-corrected chi connectivity index (χ0v) is 14.9. The highest BCUT2D eigenvalue weighted by atomic mass is 35.5. The summed E-state index contributed by atoms with van der Waals surface area (Å²) >= 11 is 5.98. The SMILES string of the molecule is O=C(O)c1cccc(N=c2cc(-c3ccc(Cl)cc3)oc3ccccc23)c1. The van der Waals surface area contributed by atoms with E-state index in [9.17, 15) is 9.90 Å². The molecule has 3 aromatic carbocycles. The Kier molecular flexibility index (Phi) is 4.48. The smallest absolute Gasteiger partial charge is 0.335 e. The van der Waals surface area contributed by atoms with Crippen molar-refractivity contribution in [2.24, 2.45) is 4.99 Å². The minimum absolute atomic E-state index is 0.194. The molecule has 27 heavy (non-hydrogen) atoms. The van der Waals surface area contributed by atoms with Gasteiger partial charge in [-0.2, -0.15) is 0 Å². The Labute approximate surface area is 160 Å². The number of aromatic carboxylic acids is 1. The van der Waals surface area contributed by atoms with Crippen molar-refractivity contribution in [2.45, 2.75) is 0 Å². The number of rotatable bonds is 3. The van der Waals surface area contributed by atoms with Crippen LogP contribution < -0.4 is 5.36 Å². The Balaban J connectivity index is 1.95. The third-order valence-electron chi connectivity index (χ3n) is 4.12. The molecule has 1 heterocycles. The summed E-state index contributed by atoms with van der Waals surface area (Å²) in [5, 5.41) is 11.4. The van der Waals surface area contributed by atoms with Crippen LogP contribution in [0.5, 0.6) is 0 Å². The molecule has 1 N–H and O–H groups in total. The van der Waals surface area contributed by atoms with Crippen molar-refractivity contribution < 1.29 is 14.3 Å². The minimum atomic E-state index is -0.984. The van der Waals surface area contributed by atoms with E-state index in [2.05, 4.69) is 4.99 Å². The topological polar surface area (TPSA) is 62.8 Å². The molecular formula is C22H14ClNO3. The van der Waals surface area contributed by atoms with Crippen LogP contribution in [-0.2, 0) is 0 Å². The Morgan fingerprint density at radius 2 is 1.70 bits per heavy atom. The summed E-state index contributed by atoms with van der Waals surface area (Å²) in [5.41, 5.74) is 2.33. The van der Waals surface area contributed by atoms with Crippen LogP contribution in [0.2, 0.25) is 5.02 Å². The molecule has 1 aromatic heterocycles. The van der Waals surface area contributed by atoms with E-state index < -0.39 is 5.97 Å². The summed E-state index contributed by atoms with van der Waals surface area (Å²) in [6.07, 6.45) is 0. The molecule has 0 amide bonds. The van der Waals surface area contributed by atoms with Gasteiger partial charge in [0.25, 0.3) is 0 Å². The van der Waals surface area contributed by atoms with E-state index in [1.165, 1.54) is 0 Å². The largest absolute Gasteiger partial charge is 0.478 e. The normalized spacial score (nSPS) is 11.7. The van der Waals surface area contributed by atoms with Crippen LogP contribution in [0.3, 0.4) is 0 Å². The van der Waals surface area contributed by atoms with E-state index in [-0.39, 0.29) is 5.56 Å². The predicted octanol–water partition coefficient (Wildman–Crippen LogP) is 5.68. The van der Waals surface area contributed by atoms with Crippen LogP contribution in [0.4, 0.5) is 5.69 Å². The number of carbonyl (C=O) groups is 1. The van der Waals surface area contributed by atoms with Gasteiger partial charge in [-0.1, -0.05) is 29.8 Å². The number of benzene rings is 3. The Morgan fingerprint density at radius 3 is 2.48 bits per heavy atom. The summed E-state index contributed by atoms with van der Waals surface area (Å²) in [5.74, 6) is -0.333. The van der Waals surface area contributed by atoms with Crippen LogP contribution >= 0.6 is 11.6 Å². The molecule has 0 saturated carbocycles. The van der Waals surface area contributed by atoms with E-state index >= 15 is 0 Å². The molecule has 4 nitrogen and oxygen atoms in total. The van der Waals surface area contributed by atoms with Gasteiger partial charge < -0.3 is 9.52 Å². The minimum Gasteiger partial charge on any atom is -0.478 e.